The Morgan fingerprint density at radius 3 is 2.44 bits per heavy atom. The molecule has 106 valence electrons. The molecule has 0 aromatic rings. The third kappa shape index (κ3) is 11.4. The number of hydrogen-bond acceptors (Lipinski definition) is 2. The lowest BCUT2D eigenvalue weighted by Crippen LogP contribution is -2.25. The van der Waals surface area contributed by atoms with E-state index in [0.717, 1.165) is 19.3 Å². The maximum absolute atomic E-state index is 11.4. The van der Waals surface area contributed by atoms with E-state index in [2.05, 4.69) is 12.2 Å². The molecule has 1 amide bonds. The molecule has 0 radical (unpaired) electrons. The average Bonchev–Trinajstić information content (AvgIpc) is 2.32. The molecule has 0 spiro atoms. The summed E-state index contributed by atoms with van der Waals surface area (Å²) in [5.74, 6) is -0.278. The first kappa shape index (κ1) is 16.9. The zero-order valence-corrected chi connectivity index (χ0v) is 11.7. The Hall–Kier alpha value is -1.06. The highest BCUT2D eigenvalue weighted by Crippen LogP contribution is 2.09. The number of carbonyl (C=O) groups is 2. The SMILES string of the molecule is CCCCCCC(=O)NCCC(C)CCC(=O)O. The number of unbranched alkanes of at least 4 members (excludes halogenated alkanes) is 3. The van der Waals surface area contributed by atoms with Crippen molar-refractivity contribution < 1.29 is 14.7 Å². The van der Waals surface area contributed by atoms with Crippen molar-refractivity contribution in [2.24, 2.45) is 5.92 Å². The molecule has 0 bridgehead atoms. The fourth-order valence-electron chi connectivity index (χ4n) is 1.77. The third-order valence-corrected chi connectivity index (χ3v) is 3.07. The summed E-state index contributed by atoms with van der Waals surface area (Å²) in [5, 5.41) is 11.4. The normalized spacial score (nSPS) is 12.1. The quantitative estimate of drug-likeness (QED) is 0.559. The van der Waals surface area contributed by atoms with Gasteiger partial charge in [-0.3, -0.25) is 9.59 Å². The molecule has 0 aliphatic heterocycles. The van der Waals surface area contributed by atoms with E-state index in [0.29, 0.717) is 25.3 Å². The molecule has 2 N–H and O–H groups in total. The Morgan fingerprint density at radius 1 is 1.11 bits per heavy atom. The van der Waals surface area contributed by atoms with Crippen molar-refractivity contribution in [2.45, 2.75) is 65.2 Å². The highest BCUT2D eigenvalue weighted by atomic mass is 16.4. The first-order chi connectivity index (χ1) is 8.56. The molecule has 0 heterocycles. The molecule has 4 heteroatoms. The predicted molar refractivity (Wildman–Crippen MR) is 72.4 cm³/mol. The summed E-state index contributed by atoms with van der Waals surface area (Å²) in [6.07, 6.45) is 6.83. The van der Waals surface area contributed by atoms with Gasteiger partial charge in [0.05, 0.1) is 0 Å². The van der Waals surface area contributed by atoms with Crippen LogP contribution >= 0.6 is 0 Å². The molecule has 0 saturated heterocycles. The summed E-state index contributed by atoms with van der Waals surface area (Å²) in [6, 6.07) is 0. The maximum Gasteiger partial charge on any atom is 0.303 e. The van der Waals surface area contributed by atoms with Gasteiger partial charge in [0.15, 0.2) is 0 Å². The minimum atomic E-state index is -0.748. The number of carbonyl (C=O) groups excluding carboxylic acids is 1. The van der Waals surface area contributed by atoms with Crippen LogP contribution in [0.25, 0.3) is 0 Å². The van der Waals surface area contributed by atoms with Crippen LogP contribution < -0.4 is 5.32 Å². The summed E-state index contributed by atoms with van der Waals surface area (Å²) < 4.78 is 0. The van der Waals surface area contributed by atoms with E-state index in [1.54, 1.807) is 0 Å². The minimum Gasteiger partial charge on any atom is -0.481 e. The second kappa shape index (κ2) is 11.1. The summed E-state index contributed by atoms with van der Waals surface area (Å²) >= 11 is 0. The van der Waals surface area contributed by atoms with Crippen molar-refractivity contribution >= 4 is 11.9 Å². The van der Waals surface area contributed by atoms with Crippen LogP contribution in [0, 0.1) is 5.92 Å². The molecule has 0 aromatic heterocycles. The molecule has 18 heavy (non-hydrogen) atoms. The largest absolute Gasteiger partial charge is 0.481 e. The molecule has 0 saturated carbocycles. The van der Waals surface area contributed by atoms with Crippen LogP contribution in [-0.4, -0.2) is 23.5 Å². The van der Waals surface area contributed by atoms with E-state index in [-0.39, 0.29) is 12.3 Å². The standard InChI is InChI=1S/C14H27NO3/c1-3-4-5-6-7-13(16)15-11-10-12(2)8-9-14(17)18/h12H,3-11H2,1-2H3,(H,15,16)(H,17,18). The monoisotopic (exact) mass is 257 g/mol. The Bertz CT molecular complexity index is 241. The van der Waals surface area contributed by atoms with E-state index in [1.165, 1.54) is 12.8 Å². The Labute approximate surface area is 110 Å². The number of aliphatic carboxylic acids is 1. The van der Waals surface area contributed by atoms with Crippen molar-refractivity contribution in [3.05, 3.63) is 0 Å². The zero-order valence-electron chi connectivity index (χ0n) is 11.7. The molecular weight excluding hydrogens is 230 g/mol. The molecule has 0 rings (SSSR count). The van der Waals surface area contributed by atoms with Gasteiger partial charge in [0.2, 0.25) is 5.91 Å². The summed E-state index contributed by atoms with van der Waals surface area (Å²) in [7, 11) is 0. The Morgan fingerprint density at radius 2 is 1.83 bits per heavy atom. The summed E-state index contributed by atoms with van der Waals surface area (Å²) in [6.45, 7) is 4.84. The molecule has 0 aromatic carbocycles. The number of amides is 1. The van der Waals surface area contributed by atoms with Gasteiger partial charge in [0.25, 0.3) is 0 Å². The fourth-order valence-corrected chi connectivity index (χ4v) is 1.77. The van der Waals surface area contributed by atoms with E-state index in [1.807, 2.05) is 6.92 Å². The molecule has 0 aliphatic rings. The van der Waals surface area contributed by atoms with Crippen molar-refractivity contribution in [1.82, 2.24) is 5.32 Å². The van der Waals surface area contributed by atoms with Crippen molar-refractivity contribution in [2.75, 3.05) is 6.54 Å². The van der Waals surface area contributed by atoms with E-state index in [4.69, 9.17) is 5.11 Å². The van der Waals surface area contributed by atoms with Crippen LogP contribution in [0.3, 0.4) is 0 Å². The van der Waals surface area contributed by atoms with Crippen LogP contribution in [0.2, 0.25) is 0 Å². The predicted octanol–water partition coefficient (Wildman–Crippen LogP) is 2.96. The average molecular weight is 257 g/mol. The number of nitrogens with one attached hydrogen (secondary N) is 1. The number of rotatable bonds is 11. The summed E-state index contributed by atoms with van der Waals surface area (Å²) in [4.78, 5) is 21.8. The molecule has 0 fully saturated rings. The van der Waals surface area contributed by atoms with Crippen molar-refractivity contribution in [3.8, 4) is 0 Å². The van der Waals surface area contributed by atoms with Crippen LogP contribution in [0.1, 0.15) is 65.2 Å². The van der Waals surface area contributed by atoms with Crippen molar-refractivity contribution in [1.29, 1.82) is 0 Å². The highest BCUT2D eigenvalue weighted by molar-refractivity contribution is 5.75. The molecule has 4 nitrogen and oxygen atoms in total. The first-order valence-corrected chi connectivity index (χ1v) is 7.04. The molecule has 1 unspecified atom stereocenters. The Kier molecular flexibility index (Phi) is 10.4. The van der Waals surface area contributed by atoms with Crippen LogP contribution in [0.5, 0.6) is 0 Å². The highest BCUT2D eigenvalue weighted by Gasteiger charge is 2.06. The smallest absolute Gasteiger partial charge is 0.303 e. The van der Waals surface area contributed by atoms with E-state index < -0.39 is 5.97 Å². The summed E-state index contributed by atoms with van der Waals surface area (Å²) in [5.41, 5.74) is 0. The number of hydrogen-bond donors (Lipinski definition) is 2. The van der Waals surface area contributed by atoms with Gasteiger partial charge in [0.1, 0.15) is 0 Å². The van der Waals surface area contributed by atoms with Crippen LogP contribution in [-0.2, 0) is 9.59 Å². The fraction of sp³-hybridized carbons (Fsp3) is 0.857. The van der Waals surface area contributed by atoms with Gasteiger partial charge in [-0.25, -0.2) is 0 Å². The molecule has 1 atom stereocenters. The Balaban J connectivity index is 3.41. The van der Waals surface area contributed by atoms with E-state index >= 15 is 0 Å². The second-order valence-electron chi connectivity index (χ2n) is 4.99. The zero-order chi connectivity index (χ0) is 13.8. The van der Waals surface area contributed by atoms with Crippen molar-refractivity contribution in [3.63, 3.8) is 0 Å². The number of carboxylic acid groups (broad SMARTS) is 1. The lowest BCUT2D eigenvalue weighted by atomic mass is 10.0. The lowest BCUT2D eigenvalue weighted by molar-refractivity contribution is -0.137. The van der Waals surface area contributed by atoms with Gasteiger partial charge >= 0.3 is 5.97 Å². The van der Waals surface area contributed by atoms with Gasteiger partial charge in [-0.15, -0.1) is 0 Å². The van der Waals surface area contributed by atoms with Gasteiger partial charge in [-0.05, 0) is 25.2 Å². The minimum absolute atomic E-state index is 0.122. The molecular formula is C14H27NO3. The van der Waals surface area contributed by atoms with Gasteiger partial charge in [0, 0.05) is 19.4 Å². The molecule has 0 aliphatic carbocycles. The maximum atomic E-state index is 11.4. The number of carboxylic acids is 1. The van der Waals surface area contributed by atoms with Gasteiger partial charge < -0.3 is 10.4 Å². The van der Waals surface area contributed by atoms with E-state index in [9.17, 15) is 9.59 Å². The van der Waals surface area contributed by atoms with Gasteiger partial charge in [-0.2, -0.15) is 0 Å². The van der Waals surface area contributed by atoms with Gasteiger partial charge in [-0.1, -0.05) is 33.1 Å². The van der Waals surface area contributed by atoms with Crippen LogP contribution in [0.15, 0.2) is 0 Å². The third-order valence-electron chi connectivity index (χ3n) is 3.07. The topological polar surface area (TPSA) is 66.4 Å². The first-order valence-electron chi connectivity index (χ1n) is 7.04. The lowest BCUT2D eigenvalue weighted by Gasteiger charge is -2.10. The second-order valence-corrected chi connectivity index (χ2v) is 4.99. The van der Waals surface area contributed by atoms with Crippen LogP contribution in [0.4, 0.5) is 0 Å².